The SMILES string of the molecule is Cc1ccc(C(C)(C)CN(C)C(=O)Nc2cc(C)on2)cc1. The van der Waals surface area contributed by atoms with Gasteiger partial charge in [0.05, 0.1) is 0 Å². The Morgan fingerprint density at radius 1 is 1.27 bits per heavy atom. The number of carbonyl (C=O) groups is 1. The number of nitrogens with zero attached hydrogens (tertiary/aromatic N) is 2. The van der Waals surface area contributed by atoms with E-state index >= 15 is 0 Å². The maximum Gasteiger partial charge on any atom is 0.322 e. The Labute approximate surface area is 131 Å². The number of hydrogen-bond donors (Lipinski definition) is 1. The third-order valence-electron chi connectivity index (χ3n) is 3.68. The van der Waals surface area contributed by atoms with Crippen molar-refractivity contribution in [2.45, 2.75) is 33.1 Å². The smallest absolute Gasteiger partial charge is 0.322 e. The second kappa shape index (κ2) is 6.22. The summed E-state index contributed by atoms with van der Waals surface area (Å²) >= 11 is 0. The summed E-state index contributed by atoms with van der Waals surface area (Å²) in [6.45, 7) is 8.70. The fourth-order valence-corrected chi connectivity index (χ4v) is 2.39. The molecule has 2 amide bonds. The Balaban J connectivity index is 2.01. The molecule has 0 saturated heterocycles. The Kier molecular flexibility index (Phi) is 4.54. The molecule has 5 nitrogen and oxygen atoms in total. The van der Waals surface area contributed by atoms with E-state index in [4.69, 9.17) is 4.52 Å². The first kappa shape index (κ1) is 16.1. The predicted octanol–water partition coefficient (Wildman–Crippen LogP) is 3.73. The number of nitrogens with one attached hydrogen (secondary N) is 1. The summed E-state index contributed by atoms with van der Waals surface area (Å²) in [4.78, 5) is 13.9. The number of benzene rings is 1. The molecule has 1 N–H and O–H groups in total. The first-order chi connectivity index (χ1) is 10.3. The molecule has 5 heteroatoms. The normalized spacial score (nSPS) is 11.3. The average molecular weight is 301 g/mol. The maximum absolute atomic E-state index is 12.2. The second-order valence-corrected chi connectivity index (χ2v) is 6.36. The number of carbonyl (C=O) groups excluding carboxylic acids is 1. The van der Waals surface area contributed by atoms with E-state index in [2.05, 4.69) is 55.5 Å². The van der Waals surface area contributed by atoms with Crippen LogP contribution in [0, 0.1) is 13.8 Å². The molecule has 0 fully saturated rings. The lowest BCUT2D eigenvalue weighted by molar-refractivity contribution is 0.212. The van der Waals surface area contributed by atoms with E-state index in [1.807, 2.05) is 0 Å². The Morgan fingerprint density at radius 2 is 1.91 bits per heavy atom. The van der Waals surface area contributed by atoms with E-state index < -0.39 is 0 Å². The van der Waals surface area contributed by atoms with Crippen LogP contribution in [0.2, 0.25) is 0 Å². The lowest BCUT2D eigenvalue weighted by Gasteiger charge is -2.30. The third-order valence-corrected chi connectivity index (χ3v) is 3.68. The molecule has 2 aromatic rings. The minimum absolute atomic E-state index is 0.139. The van der Waals surface area contributed by atoms with Crippen LogP contribution in [0.1, 0.15) is 30.7 Å². The van der Waals surface area contributed by atoms with Crippen LogP contribution in [-0.2, 0) is 5.41 Å². The van der Waals surface area contributed by atoms with Gasteiger partial charge in [-0.25, -0.2) is 4.79 Å². The molecule has 0 bridgehead atoms. The van der Waals surface area contributed by atoms with E-state index in [-0.39, 0.29) is 11.4 Å². The summed E-state index contributed by atoms with van der Waals surface area (Å²) in [5.41, 5.74) is 2.29. The highest BCUT2D eigenvalue weighted by molar-refractivity contribution is 5.88. The van der Waals surface area contributed by atoms with Crippen LogP contribution in [0.15, 0.2) is 34.9 Å². The molecule has 0 spiro atoms. The Bertz CT molecular complexity index is 644. The molecule has 0 aliphatic heterocycles. The van der Waals surface area contributed by atoms with Gasteiger partial charge in [-0.15, -0.1) is 0 Å². The van der Waals surface area contributed by atoms with Crippen molar-refractivity contribution in [2.75, 3.05) is 18.9 Å². The van der Waals surface area contributed by atoms with Crippen molar-refractivity contribution in [1.82, 2.24) is 10.1 Å². The number of rotatable bonds is 4. The molecule has 118 valence electrons. The molecule has 0 atom stereocenters. The van der Waals surface area contributed by atoms with Gasteiger partial charge in [-0.3, -0.25) is 5.32 Å². The number of likely N-dealkylation sites (N-methyl/N-ethyl adjacent to an activating group) is 1. The molecule has 0 radical (unpaired) electrons. The van der Waals surface area contributed by atoms with Crippen LogP contribution in [0.25, 0.3) is 0 Å². The zero-order valence-electron chi connectivity index (χ0n) is 13.8. The van der Waals surface area contributed by atoms with Crippen molar-refractivity contribution in [3.8, 4) is 0 Å². The average Bonchev–Trinajstić information content (AvgIpc) is 2.84. The van der Waals surface area contributed by atoms with Gasteiger partial charge in [0.15, 0.2) is 5.82 Å². The van der Waals surface area contributed by atoms with Crippen LogP contribution >= 0.6 is 0 Å². The van der Waals surface area contributed by atoms with Crippen molar-refractivity contribution in [1.29, 1.82) is 0 Å². The van der Waals surface area contributed by atoms with Crippen LogP contribution in [0.3, 0.4) is 0 Å². The molecule has 0 aliphatic rings. The van der Waals surface area contributed by atoms with Crippen molar-refractivity contribution in [3.63, 3.8) is 0 Å². The number of aryl methyl sites for hydroxylation is 2. The van der Waals surface area contributed by atoms with Crippen molar-refractivity contribution >= 4 is 11.8 Å². The highest BCUT2D eigenvalue weighted by Crippen LogP contribution is 2.24. The standard InChI is InChI=1S/C17H23N3O2/c1-12-6-8-14(9-7-12)17(3,4)11-20(5)16(21)18-15-10-13(2)22-19-15/h6-10H,11H2,1-5H3,(H,18,19,21). The van der Waals surface area contributed by atoms with Crippen LogP contribution in [0.4, 0.5) is 10.6 Å². The number of amides is 2. The molecule has 0 aliphatic carbocycles. The summed E-state index contributed by atoms with van der Waals surface area (Å²) < 4.78 is 4.94. The number of hydrogen-bond acceptors (Lipinski definition) is 3. The lowest BCUT2D eigenvalue weighted by atomic mass is 9.84. The van der Waals surface area contributed by atoms with Gasteiger partial charge in [-0.1, -0.05) is 48.8 Å². The lowest BCUT2D eigenvalue weighted by Crippen LogP contribution is -2.40. The van der Waals surface area contributed by atoms with Gasteiger partial charge in [0.2, 0.25) is 0 Å². The fraction of sp³-hybridized carbons (Fsp3) is 0.412. The van der Waals surface area contributed by atoms with Gasteiger partial charge >= 0.3 is 6.03 Å². The third kappa shape index (κ3) is 3.87. The van der Waals surface area contributed by atoms with Crippen molar-refractivity contribution in [2.24, 2.45) is 0 Å². The highest BCUT2D eigenvalue weighted by Gasteiger charge is 2.25. The van der Waals surface area contributed by atoms with Gasteiger partial charge in [0, 0.05) is 25.1 Å². The minimum atomic E-state index is -0.200. The zero-order chi connectivity index (χ0) is 16.3. The van der Waals surface area contributed by atoms with E-state index in [9.17, 15) is 4.79 Å². The molecule has 0 unspecified atom stereocenters. The molecule has 1 aromatic carbocycles. The first-order valence-corrected chi connectivity index (χ1v) is 7.30. The molecule has 2 rings (SSSR count). The van der Waals surface area contributed by atoms with Crippen LogP contribution < -0.4 is 5.32 Å². The molecule has 1 aromatic heterocycles. The summed E-state index contributed by atoms with van der Waals surface area (Å²) in [5, 5.41) is 6.50. The van der Waals surface area contributed by atoms with Gasteiger partial charge in [-0.05, 0) is 19.4 Å². The predicted molar refractivity (Wildman–Crippen MR) is 87.1 cm³/mol. The first-order valence-electron chi connectivity index (χ1n) is 7.30. The molecular weight excluding hydrogens is 278 g/mol. The molecule has 22 heavy (non-hydrogen) atoms. The van der Waals surface area contributed by atoms with Crippen molar-refractivity contribution in [3.05, 3.63) is 47.2 Å². The topological polar surface area (TPSA) is 58.4 Å². The zero-order valence-corrected chi connectivity index (χ0v) is 13.8. The summed E-state index contributed by atoms with van der Waals surface area (Å²) in [5.74, 6) is 1.10. The van der Waals surface area contributed by atoms with Gasteiger partial charge < -0.3 is 9.42 Å². The van der Waals surface area contributed by atoms with Gasteiger partial charge in [0.1, 0.15) is 5.76 Å². The number of aromatic nitrogens is 1. The minimum Gasteiger partial charge on any atom is -0.360 e. The molecule has 1 heterocycles. The Hall–Kier alpha value is -2.30. The fourth-order valence-electron chi connectivity index (χ4n) is 2.39. The second-order valence-electron chi connectivity index (χ2n) is 6.36. The molecular formula is C17H23N3O2. The van der Waals surface area contributed by atoms with E-state index in [0.717, 1.165) is 0 Å². The van der Waals surface area contributed by atoms with Gasteiger partial charge in [0.25, 0.3) is 0 Å². The molecule has 0 saturated carbocycles. The quantitative estimate of drug-likeness (QED) is 0.936. The summed E-state index contributed by atoms with van der Waals surface area (Å²) in [7, 11) is 1.78. The van der Waals surface area contributed by atoms with E-state index in [0.29, 0.717) is 18.1 Å². The number of anilines is 1. The van der Waals surface area contributed by atoms with E-state index in [1.54, 1.807) is 24.9 Å². The van der Waals surface area contributed by atoms with Crippen LogP contribution in [0.5, 0.6) is 0 Å². The summed E-state index contributed by atoms with van der Waals surface area (Å²) in [6.07, 6.45) is 0. The monoisotopic (exact) mass is 301 g/mol. The largest absolute Gasteiger partial charge is 0.360 e. The Morgan fingerprint density at radius 3 is 2.45 bits per heavy atom. The number of urea groups is 1. The van der Waals surface area contributed by atoms with Crippen molar-refractivity contribution < 1.29 is 9.32 Å². The van der Waals surface area contributed by atoms with Crippen LogP contribution in [-0.4, -0.2) is 29.7 Å². The van der Waals surface area contributed by atoms with E-state index in [1.165, 1.54) is 11.1 Å². The maximum atomic E-state index is 12.2. The van der Waals surface area contributed by atoms with Gasteiger partial charge in [-0.2, -0.15) is 0 Å². The summed E-state index contributed by atoms with van der Waals surface area (Å²) in [6, 6.07) is 9.90. The highest BCUT2D eigenvalue weighted by atomic mass is 16.5.